The largest absolute Gasteiger partial charge is 0.463 e. The molecular weight excluding hydrogens is 400 g/mol. The zero-order valence-electron chi connectivity index (χ0n) is 19.8. The summed E-state index contributed by atoms with van der Waals surface area (Å²) in [5.74, 6) is -0.362. The summed E-state index contributed by atoms with van der Waals surface area (Å²) in [5.41, 5.74) is 2.12. The topological polar surface area (TPSA) is 35.5 Å². The molecular formula is C27H38O3Si. The van der Waals surface area contributed by atoms with Crippen LogP contribution in [0.1, 0.15) is 58.6 Å². The molecule has 3 rings (SSSR count). The lowest BCUT2D eigenvalue weighted by molar-refractivity contribution is -0.155. The number of hydrogen-bond acceptors (Lipinski definition) is 3. The highest BCUT2D eigenvalue weighted by atomic mass is 28.4. The summed E-state index contributed by atoms with van der Waals surface area (Å²) in [4.78, 5) is 13.3. The summed E-state index contributed by atoms with van der Waals surface area (Å²) in [5, 5.41) is 0. The maximum absolute atomic E-state index is 13.3. The molecule has 2 atom stereocenters. The number of hydrogen-bond donors (Lipinski definition) is 0. The van der Waals surface area contributed by atoms with E-state index in [9.17, 15) is 4.79 Å². The molecule has 4 heteroatoms. The second kappa shape index (κ2) is 10.1. The van der Waals surface area contributed by atoms with Gasteiger partial charge in [0.05, 0.1) is 18.1 Å². The summed E-state index contributed by atoms with van der Waals surface area (Å²) in [6.07, 6.45) is 1.32. The predicted molar refractivity (Wildman–Crippen MR) is 130 cm³/mol. The van der Waals surface area contributed by atoms with Gasteiger partial charge >= 0.3 is 5.97 Å². The van der Waals surface area contributed by atoms with E-state index in [1.807, 2.05) is 13.8 Å². The van der Waals surface area contributed by atoms with Crippen LogP contribution in [0.5, 0.6) is 0 Å². The molecule has 168 valence electrons. The Bertz CT molecular complexity index is 782. The van der Waals surface area contributed by atoms with Crippen molar-refractivity contribution < 1.29 is 14.0 Å². The molecule has 0 aliphatic heterocycles. The molecule has 0 amide bonds. The third kappa shape index (κ3) is 4.65. The standard InChI is InChI=1S/C27H38O3Si/c1-6-31(7-2,8-3)30-25-24(26(28)29-21(4)5)19-20-27(25,22-15-11-9-12-16-22)23-17-13-10-14-18-23/h9-18,21,24-25H,6-8,19-20H2,1-5H3/t24-,25+/m1/s1. The van der Waals surface area contributed by atoms with Crippen molar-refractivity contribution in [3.63, 3.8) is 0 Å². The van der Waals surface area contributed by atoms with Gasteiger partial charge in [0.1, 0.15) is 0 Å². The van der Waals surface area contributed by atoms with Gasteiger partial charge in [-0.1, -0.05) is 81.4 Å². The quantitative estimate of drug-likeness (QED) is 0.322. The van der Waals surface area contributed by atoms with Crippen LogP contribution >= 0.6 is 0 Å². The lowest BCUT2D eigenvalue weighted by Gasteiger charge is -2.43. The molecule has 0 bridgehead atoms. The van der Waals surface area contributed by atoms with Gasteiger partial charge in [-0.25, -0.2) is 0 Å². The highest BCUT2D eigenvalue weighted by molar-refractivity contribution is 6.73. The van der Waals surface area contributed by atoms with Crippen LogP contribution in [0.3, 0.4) is 0 Å². The van der Waals surface area contributed by atoms with E-state index in [2.05, 4.69) is 81.4 Å². The second-order valence-electron chi connectivity index (χ2n) is 9.12. The van der Waals surface area contributed by atoms with Gasteiger partial charge in [0, 0.05) is 5.41 Å². The molecule has 1 fully saturated rings. The van der Waals surface area contributed by atoms with Gasteiger partial charge < -0.3 is 9.16 Å². The van der Waals surface area contributed by atoms with E-state index < -0.39 is 8.32 Å². The third-order valence-corrected chi connectivity index (χ3v) is 11.9. The molecule has 1 aliphatic rings. The molecule has 0 heterocycles. The molecule has 0 radical (unpaired) electrons. The Hall–Kier alpha value is -1.91. The Balaban J connectivity index is 2.18. The van der Waals surface area contributed by atoms with Crippen molar-refractivity contribution >= 4 is 14.3 Å². The number of rotatable bonds is 9. The van der Waals surface area contributed by atoms with Crippen molar-refractivity contribution in [2.75, 3.05) is 0 Å². The van der Waals surface area contributed by atoms with Crippen molar-refractivity contribution in [3.05, 3.63) is 71.8 Å². The molecule has 0 unspecified atom stereocenters. The summed E-state index contributed by atoms with van der Waals surface area (Å²) in [7, 11) is -1.97. The van der Waals surface area contributed by atoms with E-state index in [4.69, 9.17) is 9.16 Å². The Morgan fingerprint density at radius 3 is 1.84 bits per heavy atom. The van der Waals surface area contributed by atoms with E-state index in [0.717, 1.165) is 31.0 Å². The van der Waals surface area contributed by atoms with E-state index in [0.29, 0.717) is 0 Å². The first-order valence-electron chi connectivity index (χ1n) is 11.9. The lowest BCUT2D eigenvalue weighted by atomic mass is 9.71. The molecule has 2 aromatic rings. The monoisotopic (exact) mass is 438 g/mol. The minimum absolute atomic E-state index is 0.111. The fraction of sp³-hybridized carbons (Fsp3) is 0.519. The summed E-state index contributed by atoms with van der Waals surface area (Å²) in [6, 6.07) is 24.5. The van der Waals surface area contributed by atoms with Gasteiger partial charge in [0.2, 0.25) is 0 Å². The van der Waals surface area contributed by atoms with Crippen LogP contribution in [-0.2, 0) is 19.4 Å². The van der Waals surface area contributed by atoms with E-state index >= 15 is 0 Å². The zero-order valence-corrected chi connectivity index (χ0v) is 20.8. The van der Waals surface area contributed by atoms with Crippen molar-refractivity contribution in [2.45, 2.75) is 83.2 Å². The van der Waals surface area contributed by atoms with Crippen LogP contribution in [0.15, 0.2) is 60.7 Å². The first kappa shape index (κ1) is 23.7. The van der Waals surface area contributed by atoms with Crippen LogP contribution in [0, 0.1) is 5.92 Å². The van der Waals surface area contributed by atoms with Gasteiger partial charge in [0.15, 0.2) is 8.32 Å². The smallest absolute Gasteiger partial charge is 0.311 e. The Labute approximate surface area is 189 Å². The minimum Gasteiger partial charge on any atom is -0.463 e. The molecule has 3 nitrogen and oxygen atoms in total. The average Bonchev–Trinajstić information content (AvgIpc) is 3.18. The van der Waals surface area contributed by atoms with E-state index in [-0.39, 0.29) is 29.5 Å². The maximum Gasteiger partial charge on any atom is 0.311 e. The van der Waals surface area contributed by atoms with Crippen molar-refractivity contribution in [2.24, 2.45) is 5.92 Å². The lowest BCUT2D eigenvalue weighted by Crippen LogP contribution is -2.51. The highest BCUT2D eigenvalue weighted by Crippen LogP contribution is 2.52. The fourth-order valence-electron chi connectivity index (χ4n) is 5.29. The first-order chi connectivity index (χ1) is 14.9. The molecule has 2 aromatic carbocycles. The molecule has 0 saturated heterocycles. The maximum atomic E-state index is 13.3. The second-order valence-corrected chi connectivity index (χ2v) is 13.8. The molecule has 1 aliphatic carbocycles. The van der Waals surface area contributed by atoms with E-state index in [1.54, 1.807) is 0 Å². The Morgan fingerprint density at radius 1 is 0.935 bits per heavy atom. The van der Waals surface area contributed by atoms with Gasteiger partial charge in [-0.05, 0) is 55.9 Å². The Kier molecular flexibility index (Phi) is 7.76. The molecule has 31 heavy (non-hydrogen) atoms. The van der Waals surface area contributed by atoms with Crippen LogP contribution in [0.25, 0.3) is 0 Å². The molecule has 1 saturated carbocycles. The van der Waals surface area contributed by atoms with Gasteiger partial charge in [-0.15, -0.1) is 0 Å². The minimum atomic E-state index is -1.97. The SMILES string of the molecule is CC[Si](CC)(CC)O[C@H]1[C@H](C(=O)OC(C)C)CCC1(c1ccccc1)c1ccccc1. The Morgan fingerprint density at radius 2 is 1.42 bits per heavy atom. The normalized spacial score (nSPS) is 20.7. The highest BCUT2D eigenvalue weighted by Gasteiger charge is 2.56. The van der Waals surface area contributed by atoms with Crippen LogP contribution in [0.4, 0.5) is 0 Å². The van der Waals surface area contributed by atoms with Crippen LogP contribution in [0.2, 0.25) is 18.1 Å². The van der Waals surface area contributed by atoms with Crippen molar-refractivity contribution in [1.82, 2.24) is 0 Å². The summed E-state index contributed by atoms with van der Waals surface area (Å²) < 4.78 is 13.0. The first-order valence-corrected chi connectivity index (χ1v) is 14.4. The number of carbonyl (C=O) groups is 1. The van der Waals surface area contributed by atoms with Gasteiger partial charge in [-0.3, -0.25) is 4.79 Å². The number of ether oxygens (including phenoxy) is 1. The van der Waals surface area contributed by atoms with Crippen LogP contribution in [-0.4, -0.2) is 26.5 Å². The van der Waals surface area contributed by atoms with Crippen molar-refractivity contribution in [3.8, 4) is 0 Å². The van der Waals surface area contributed by atoms with Gasteiger partial charge in [0.25, 0.3) is 0 Å². The molecule has 0 spiro atoms. The summed E-state index contributed by atoms with van der Waals surface area (Å²) >= 11 is 0. The van der Waals surface area contributed by atoms with E-state index in [1.165, 1.54) is 11.1 Å². The van der Waals surface area contributed by atoms with Crippen molar-refractivity contribution in [1.29, 1.82) is 0 Å². The number of esters is 1. The third-order valence-electron chi connectivity index (χ3n) is 7.24. The summed E-state index contributed by atoms with van der Waals surface area (Å²) in [6.45, 7) is 10.6. The fourth-order valence-corrected chi connectivity index (χ4v) is 8.19. The number of carbonyl (C=O) groups excluding carboxylic acids is 1. The van der Waals surface area contributed by atoms with Gasteiger partial charge in [-0.2, -0.15) is 0 Å². The molecule has 0 N–H and O–H groups in total. The molecule has 0 aromatic heterocycles. The zero-order chi connectivity index (χ0) is 22.5. The predicted octanol–water partition coefficient (Wildman–Crippen LogP) is 6.72. The number of benzene rings is 2. The van der Waals surface area contributed by atoms with Crippen LogP contribution < -0.4 is 0 Å². The average molecular weight is 439 g/mol.